The first-order valence-electron chi connectivity index (χ1n) is 7.19. The van der Waals surface area contributed by atoms with Gasteiger partial charge in [-0.05, 0) is 24.3 Å². The average Bonchev–Trinajstić information content (AvgIpc) is 3.03. The molecule has 1 aromatic carbocycles. The SMILES string of the molecule is COc1ccc(N2CCN(Cn3cnnc3C#N)CC2)cc1. The van der Waals surface area contributed by atoms with Crippen molar-refractivity contribution < 1.29 is 4.74 Å². The third kappa shape index (κ3) is 3.02. The Kier molecular flexibility index (Phi) is 4.21. The summed E-state index contributed by atoms with van der Waals surface area (Å²) in [7, 11) is 1.67. The van der Waals surface area contributed by atoms with Crippen molar-refractivity contribution >= 4 is 5.69 Å². The largest absolute Gasteiger partial charge is 0.497 e. The summed E-state index contributed by atoms with van der Waals surface area (Å²) in [5.74, 6) is 1.23. The molecule has 1 aliphatic heterocycles. The number of benzene rings is 1. The molecule has 0 amide bonds. The topological polar surface area (TPSA) is 70.2 Å². The van der Waals surface area contributed by atoms with E-state index in [1.54, 1.807) is 18.0 Å². The van der Waals surface area contributed by atoms with Crippen LogP contribution >= 0.6 is 0 Å². The first-order valence-corrected chi connectivity index (χ1v) is 7.19. The summed E-state index contributed by atoms with van der Waals surface area (Å²) in [4.78, 5) is 4.65. The molecule has 7 heteroatoms. The molecule has 114 valence electrons. The number of piperazine rings is 1. The summed E-state index contributed by atoms with van der Waals surface area (Å²) >= 11 is 0. The molecule has 0 aliphatic carbocycles. The molecular weight excluding hydrogens is 280 g/mol. The number of hydrogen-bond acceptors (Lipinski definition) is 6. The minimum Gasteiger partial charge on any atom is -0.497 e. The highest BCUT2D eigenvalue weighted by atomic mass is 16.5. The van der Waals surface area contributed by atoms with Crippen molar-refractivity contribution in [1.29, 1.82) is 5.26 Å². The number of ether oxygens (including phenoxy) is 1. The van der Waals surface area contributed by atoms with Crippen LogP contribution in [0, 0.1) is 11.3 Å². The first kappa shape index (κ1) is 14.4. The molecule has 0 atom stereocenters. The van der Waals surface area contributed by atoms with Gasteiger partial charge in [0.15, 0.2) is 0 Å². The molecule has 0 bridgehead atoms. The molecule has 0 N–H and O–H groups in total. The van der Waals surface area contributed by atoms with Gasteiger partial charge in [0.05, 0.1) is 13.8 Å². The predicted octanol–water partition coefficient (Wildman–Crippen LogP) is 0.938. The molecule has 7 nitrogen and oxygen atoms in total. The number of nitrogens with zero attached hydrogens (tertiary/aromatic N) is 6. The predicted molar refractivity (Wildman–Crippen MR) is 81.5 cm³/mol. The number of nitriles is 1. The lowest BCUT2D eigenvalue weighted by molar-refractivity contribution is 0.205. The summed E-state index contributed by atoms with van der Waals surface area (Å²) < 4.78 is 6.97. The highest BCUT2D eigenvalue weighted by Gasteiger charge is 2.18. The van der Waals surface area contributed by atoms with Gasteiger partial charge in [-0.2, -0.15) is 5.26 Å². The van der Waals surface area contributed by atoms with Gasteiger partial charge in [0.1, 0.15) is 18.1 Å². The number of rotatable bonds is 4. The molecule has 1 aliphatic rings. The zero-order chi connectivity index (χ0) is 15.4. The van der Waals surface area contributed by atoms with Crippen molar-refractivity contribution in [2.45, 2.75) is 6.67 Å². The van der Waals surface area contributed by atoms with E-state index in [1.165, 1.54) is 5.69 Å². The van der Waals surface area contributed by atoms with Crippen molar-refractivity contribution in [2.24, 2.45) is 0 Å². The molecule has 3 rings (SSSR count). The Morgan fingerprint density at radius 1 is 1.18 bits per heavy atom. The van der Waals surface area contributed by atoms with Crippen LogP contribution in [-0.4, -0.2) is 53.0 Å². The van der Waals surface area contributed by atoms with Gasteiger partial charge < -0.3 is 9.64 Å². The number of methoxy groups -OCH3 is 1. The number of anilines is 1. The Morgan fingerprint density at radius 3 is 2.55 bits per heavy atom. The minimum absolute atomic E-state index is 0.359. The smallest absolute Gasteiger partial charge is 0.235 e. The van der Waals surface area contributed by atoms with Crippen LogP contribution in [0.4, 0.5) is 5.69 Å². The van der Waals surface area contributed by atoms with Crippen LogP contribution in [0.1, 0.15) is 5.82 Å². The zero-order valence-corrected chi connectivity index (χ0v) is 12.5. The zero-order valence-electron chi connectivity index (χ0n) is 12.5. The second-order valence-corrected chi connectivity index (χ2v) is 5.18. The van der Waals surface area contributed by atoms with Gasteiger partial charge >= 0.3 is 0 Å². The van der Waals surface area contributed by atoms with E-state index in [2.05, 4.69) is 38.2 Å². The van der Waals surface area contributed by atoms with E-state index in [0.29, 0.717) is 12.5 Å². The van der Waals surface area contributed by atoms with Crippen LogP contribution in [-0.2, 0) is 6.67 Å². The van der Waals surface area contributed by atoms with E-state index in [9.17, 15) is 0 Å². The van der Waals surface area contributed by atoms with Crippen LogP contribution in [0.25, 0.3) is 0 Å². The van der Waals surface area contributed by atoms with E-state index in [1.807, 2.05) is 12.1 Å². The van der Waals surface area contributed by atoms with Gasteiger partial charge in [-0.25, -0.2) is 0 Å². The lowest BCUT2D eigenvalue weighted by atomic mass is 10.2. The standard InChI is InChI=1S/C15H18N6O/c1-22-14-4-2-13(3-5-14)20-8-6-19(7-9-20)12-21-11-17-18-15(21)10-16/h2-5,11H,6-9,12H2,1H3. The maximum absolute atomic E-state index is 8.96. The maximum atomic E-state index is 8.96. The Hall–Kier alpha value is -2.59. The lowest BCUT2D eigenvalue weighted by Gasteiger charge is -2.36. The molecular formula is C15H18N6O. The van der Waals surface area contributed by atoms with Crippen molar-refractivity contribution in [2.75, 3.05) is 38.2 Å². The van der Waals surface area contributed by atoms with Gasteiger partial charge in [0.2, 0.25) is 5.82 Å². The molecule has 22 heavy (non-hydrogen) atoms. The van der Waals surface area contributed by atoms with Gasteiger partial charge in [-0.3, -0.25) is 9.47 Å². The Morgan fingerprint density at radius 2 is 1.91 bits per heavy atom. The second-order valence-electron chi connectivity index (χ2n) is 5.18. The van der Waals surface area contributed by atoms with Crippen molar-refractivity contribution in [3.05, 3.63) is 36.4 Å². The second kappa shape index (κ2) is 6.45. The minimum atomic E-state index is 0.359. The first-order chi connectivity index (χ1) is 10.8. The fraction of sp³-hybridized carbons (Fsp3) is 0.400. The van der Waals surface area contributed by atoms with Crippen LogP contribution in [0.15, 0.2) is 30.6 Å². The monoisotopic (exact) mass is 298 g/mol. The molecule has 2 aromatic rings. The highest BCUT2D eigenvalue weighted by molar-refractivity contribution is 5.49. The van der Waals surface area contributed by atoms with Crippen LogP contribution in [0.5, 0.6) is 5.75 Å². The quantitative estimate of drug-likeness (QED) is 0.836. The van der Waals surface area contributed by atoms with Gasteiger partial charge in [-0.15, -0.1) is 10.2 Å². The third-order valence-corrected chi connectivity index (χ3v) is 3.88. The molecule has 0 spiro atoms. The van der Waals surface area contributed by atoms with Gasteiger partial charge in [0.25, 0.3) is 0 Å². The molecule has 0 unspecified atom stereocenters. The van der Waals surface area contributed by atoms with E-state index >= 15 is 0 Å². The van der Waals surface area contributed by atoms with Crippen LogP contribution in [0.3, 0.4) is 0 Å². The Balaban J connectivity index is 1.57. The van der Waals surface area contributed by atoms with E-state index in [-0.39, 0.29) is 0 Å². The highest BCUT2D eigenvalue weighted by Crippen LogP contribution is 2.20. The summed E-state index contributed by atoms with van der Waals surface area (Å²) in [5.41, 5.74) is 1.21. The molecule has 0 saturated carbocycles. The normalized spacial score (nSPS) is 15.5. The van der Waals surface area contributed by atoms with Crippen molar-refractivity contribution in [3.63, 3.8) is 0 Å². The fourth-order valence-electron chi connectivity index (χ4n) is 2.60. The van der Waals surface area contributed by atoms with Crippen LogP contribution < -0.4 is 9.64 Å². The third-order valence-electron chi connectivity index (χ3n) is 3.88. The maximum Gasteiger partial charge on any atom is 0.235 e. The van der Waals surface area contributed by atoms with E-state index < -0.39 is 0 Å². The molecule has 2 heterocycles. The van der Waals surface area contributed by atoms with Crippen LogP contribution in [0.2, 0.25) is 0 Å². The summed E-state index contributed by atoms with van der Waals surface area (Å²) in [6.07, 6.45) is 1.61. The van der Waals surface area contributed by atoms with E-state index in [0.717, 1.165) is 31.9 Å². The number of aromatic nitrogens is 3. The molecule has 0 radical (unpaired) electrons. The summed E-state index contributed by atoms with van der Waals surface area (Å²) in [6.45, 7) is 4.45. The Labute approximate surface area is 129 Å². The molecule has 1 fully saturated rings. The lowest BCUT2D eigenvalue weighted by Crippen LogP contribution is -2.46. The van der Waals surface area contributed by atoms with Crippen molar-refractivity contribution in [3.8, 4) is 11.8 Å². The number of hydrogen-bond donors (Lipinski definition) is 0. The molecule has 1 saturated heterocycles. The fourth-order valence-corrected chi connectivity index (χ4v) is 2.60. The average molecular weight is 298 g/mol. The van der Waals surface area contributed by atoms with Gasteiger partial charge in [-0.1, -0.05) is 0 Å². The van der Waals surface area contributed by atoms with Crippen molar-refractivity contribution in [1.82, 2.24) is 19.7 Å². The summed E-state index contributed by atoms with van der Waals surface area (Å²) in [5, 5.41) is 16.5. The molecule has 1 aromatic heterocycles. The Bertz CT molecular complexity index is 651. The van der Waals surface area contributed by atoms with Gasteiger partial charge in [0, 0.05) is 31.9 Å². The van der Waals surface area contributed by atoms with E-state index in [4.69, 9.17) is 10.00 Å². The summed E-state index contributed by atoms with van der Waals surface area (Å²) in [6, 6.07) is 10.2.